The number of hydrazone groups is 1. The SMILES string of the molecule is CCN1CCN(CC(=O)N2N=C(c3ccc(C)cc3)C[C@H]2c2ccc(OC)cc2OC)CC1. The molecule has 33 heavy (non-hydrogen) atoms. The second kappa shape index (κ2) is 10.4. The predicted octanol–water partition coefficient (Wildman–Crippen LogP) is 3.33. The van der Waals surface area contributed by atoms with E-state index in [2.05, 4.69) is 47.9 Å². The molecule has 7 heteroatoms. The quantitative estimate of drug-likeness (QED) is 0.648. The van der Waals surface area contributed by atoms with Crippen LogP contribution in [0.2, 0.25) is 0 Å². The Bertz CT molecular complexity index is 997. The number of benzene rings is 2. The number of nitrogens with zero attached hydrogens (tertiary/aromatic N) is 4. The predicted molar refractivity (Wildman–Crippen MR) is 130 cm³/mol. The highest BCUT2D eigenvalue weighted by atomic mass is 16.5. The Hall–Kier alpha value is -2.90. The van der Waals surface area contributed by atoms with Gasteiger partial charge in [0.2, 0.25) is 0 Å². The van der Waals surface area contributed by atoms with E-state index in [1.165, 1.54) is 5.56 Å². The molecule has 1 amide bonds. The molecule has 0 spiro atoms. The van der Waals surface area contributed by atoms with E-state index in [1.807, 2.05) is 18.2 Å². The summed E-state index contributed by atoms with van der Waals surface area (Å²) in [6.45, 7) is 9.47. The van der Waals surface area contributed by atoms with Crippen LogP contribution in [0.25, 0.3) is 0 Å². The fourth-order valence-corrected chi connectivity index (χ4v) is 4.52. The van der Waals surface area contributed by atoms with Crippen molar-refractivity contribution in [2.24, 2.45) is 5.10 Å². The molecule has 2 aromatic carbocycles. The highest BCUT2D eigenvalue weighted by molar-refractivity contribution is 6.03. The van der Waals surface area contributed by atoms with E-state index in [0.717, 1.165) is 55.3 Å². The third kappa shape index (κ3) is 5.20. The summed E-state index contributed by atoms with van der Waals surface area (Å²) in [5, 5.41) is 6.51. The topological polar surface area (TPSA) is 57.6 Å². The van der Waals surface area contributed by atoms with Crippen molar-refractivity contribution in [1.82, 2.24) is 14.8 Å². The van der Waals surface area contributed by atoms with Gasteiger partial charge >= 0.3 is 0 Å². The molecule has 1 atom stereocenters. The smallest absolute Gasteiger partial charge is 0.257 e. The first-order valence-electron chi connectivity index (χ1n) is 11.7. The molecule has 1 saturated heterocycles. The number of hydrogen-bond acceptors (Lipinski definition) is 6. The summed E-state index contributed by atoms with van der Waals surface area (Å²) >= 11 is 0. The summed E-state index contributed by atoms with van der Waals surface area (Å²) < 4.78 is 11.0. The molecule has 0 unspecified atom stereocenters. The van der Waals surface area contributed by atoms with E-state index in [-0.39, 0.29) is 11.9 Å². The molecule has 2 aliphatic rings. The third-order valence-electron chi connectivity index (χ3n) is 6.62. The van der Waals surface area contributed by atoms with Gasteiger partial charge in [0.1, 0.15) is 11.5 Å². The molecule has 0 saturated carbocycles. The lowest BCUT2D eigenvalue weighted by atomic mass is 9.97. The van der Waals surface area contributed by atoms with E-state index >= 15 is 0 Å². The van der Waals surface area contributed by atoms with Crippen molar-refractivity contribution in [2.45, 2.75) is 26.3 Å². The van der Waals surface area contributed by atoms with E-state index < -0.39 is 0 Å². The van der Waals surface area contributed by atoms with Gasteiger partial charge in [0, 0.05) is 44.2 Å². The van der Waals surface area contributed by atoms with Gasteiger partial charge in [-0.05, 0) is 31.2 Å². The standard InChI is InChI=1S/C26H34N4O3/c1-5-28-12-14-29(15-13-28)18-26(31)30-24(22-11-10-21(32-3)16-25(22)33-4)17-23(27-30)20-8-6-19(2)7-9-20/h6-11,16,24H,5,12-15,17-18H2,1-4H3/t24-/m0/s1. The Morgan fingerprint density at radius 2 is 1.70 bits per heavy atom. The van der Waals surface area contributed by atoms with Crippen LogP contribution in [0.3, 0.4) is 0 Å². The molecule has 4 rings (SSSR count). The number of ether oxygens (including phenoxy) is 2. The van der Waals surface area contributed by atoms with Crippen molar-refractivity contribution in [2.75, 3.05) is 53.5 Å². The number of aryl methyl sites for hydroxylation is 1. The van der Waals surface area contributed by atoms with Gasteiger partial charge in [0.25, 0.3) is 5.91 Å². The minimum Gasteiger partial charge on any atom is -0.497 e. The highest BCUT2D eigenvalue weighted by Crippen LogP contribution is 2.39. The Morgan fingerprint density at radius 1 is 1.00 bits per heavy atom. The summed E-state index contributed by atoms with van der Waals surface area (Å²) in [5.41, 5.74) is 4.10. The summed E-state index contributed by atoms with van der Waals surface area (Å²) in [4.78, 5) is 18.1. The Kier molecular flexibility index (Phi) is 7.30. The van der Waals surface area contributed by atoms with Crippen molar-refractivity contribution in [1.29, 1.82) is 0 Å². The zero-order valence-corrected chi connectivity index (χ0v) is 20.1. The van der Waals surface area contributed by atoms with Crippen LogP contribution in [-0.4, -0.2) is 79.9 Å². The zero-order chi connectivity index (χ0) is 23.4. The van der Waals surface area contributed by atoms with Crippen LogP contribution in [0.1, 0.15) is 36.1 Å². The van der Waals surface area contributed by atoms with Crippen molar-refractivity contribution in [3.05, 3.63) is 59.2 Å². The summed E-state index contributed by atoms with van der Waals surface area (Å²) in [5.74, 6) is 1.44. The van der Waals surface area contributed by atoms with Crippen molar-refractivity contribution >= 4 is 11.6 Å². The third-order valence-corrected chi connectivity index (χ3v) is 6.62. The van der Waals surface area contributed by atoms with Crippen LogP contribution in [-0.2, 0) is 4.79 Å². The lowest BCUT2D eigenvalue weighted by molar-refractivity contribution is -0.134. The normalized spacial score (nSPS) is 19.5. The number of amides is 1. The molecule has 176 valence electrons. The molecular formula is C26H34N4O3. The van der Waals surface area contributed by atoms with Crippen LogP contribution >= 0.6 is 0 Å². The zero-order valence-electron chi connectivity index (χ0n) is 20.1. The average molecular weight is 451 g/mol. The molecule has 2 heterocycles. The van der Waals surface area contributed by atoms with Gasteiger partial charge in [-0.3, -0.25) is 9.69 Å². The Balaban J connectivity index is 1.60. The van der Waals surface area contributed by atoms with Gasteiger partial charge in [-0.2, -0.15) is 5.10 Å². The van der Waals surface area contributed by atoms with E-state index in [4.69, 9.17) is 14.6 Å². The molecule has 0 N–H and O–H groups in total. The average Bonchev–Trinajstić information content (AvgIpc) is 3.30. The minimum absolute atomic E-state index is 0.0185. The van der Waals surface area contributed by atoms with E-state index in [0.29, 0.717) is 18.7 Å². The highest BCUT2D eigenvalue weighted by Gasteiger charge is 2.35. The molecule has 0 aromatic heterocycles. The number of likely N-dealkylation sites (N-methyl/N-ethyl adjacent to an activating group) is 1. The number of hydrogen-bond donors (Lipinski definition) is 0. The van der Waals surface area contributed by atoms with Gasteiger partial charge in [0.05, 0.1) is 32.5 Å². The molecule has 2 aliphatic heterocycles. The van der Waals surface area contributed by atoms with Crippen molar-refractivity contribution in [3.63, 3.8) is 0 Å². The molecule has 0 radical (unpaired) electrons. The second-order valence-corrected chi connectivity index (χ2v) is 8.69. The lowest BCUT2D eigenvalue weighted by Crippen LogP contribution is -2.49. The number of carbonyl (C=O) groups excluding carboxylic acids is 1. The maximum Gasteiger partial charge on any atom is 0.257 e. The van der Waals surface area contributed by atoms with E-state index in [1.54, 1.807) is 19.2 Å². The van der Waals surface area contributed by atoms with Crippen LogP contribution in [0.4, 0.5) is 0 Å². The molecule has 0 bridgehead atoms. The van der Waals surface area contributed by atoms with Gasteiger partial charge in [-0.15, -0.1) is 0 Å². The van der Waals surface area contributed by atoms with Crippen LogP contribution in [0, 0.1) is 6.92 Å². The fourth-order valence-electron chi connectivity index (χ4n) is 4.52. The van der Waals surface area contributed by atoms with Crippen LogP contribution in [0.15, 0.2) is 47.6 Å². The van der Waals surface area contributed by atoms with Gasteiger partial charge in [-0.1, -0.05) is 36.8 Å². The first-order chi connectivity index (χ1) is 16.0. The van der Waals surface area contributed by atoms with Crippen molar-refractivity contribution in [3.8, 4) is 11.5 Å². The summed E-state index contributed by atoms with van der Waals surface area (Å²) in [6, 6.07) is 13.9. The molecule has 0 aliphatic carbocycles. The maximum atomic E-state index is 13.5. The summed E-state index contributed by atoms with van der Waals surface area (Å²) in [7, 11) is 3.28. The van der Waals surface area contributed by atoms with Gasteiger partial charge < -0.3 is 14.4 Å². The summed E-state index contributed by atoms with van der Waals surface area (Å²) in [6.07, 6.45) is 0.640. The number of carbonyl (C=O) groups is 1. The van der Waals surface area contributed by atoms with Crippen LogP contribution < -0.4 is 9.47 Å². The molecule has 2 aromatic rings. The van der Waals surface area contributed by atoms with Crippen LogP contribution in [0.5, 0.6) is 11.5 Å². The molecule has 1 fully saturated rings. The van der Waals surface area contributed by atoms with Gasteiger partial charge in [0.15, 0.2) is 0 Å². The Labute approximate surface area is 196 Å². The largest absolute Gasteiger partial charge is 0.497 e. The first kappa shape index (κ1) is 23.3. The maximum absolute atomic E-state index is 13.5. The monoisotopic (exact) mass is 450 g/mol. The van der Waals surface area contributed by atoms with Gasteiger partial charge in [-0.25, -0.2) is 5.01 Å². The molecule has 7 nitrogen and oxygen atoms in total. The number of piperazine rings is 1. The Morgan fingerprint density at radius 3 is 2.33 bits per heavy atom. The molecular weight excluding hydrogens is 416 g/mol. The number of methoxy groups -OCH3 is 2. The first-order valence-corrected chi connectivity index (χ1v) is 11.7. The lowest BCUT2D eigenvalue weighted by Gasteiger charge is -2.34. The fraction of sp³-hybridized carbons (Fsp3) is 0.462. The van der Waals surface area contributed by atoms with Crippen molar-refractivity contribution < 1.29 is 14.3 Å². The van der Waals surface area contributed by atoms with E-state index in [9.17, 15) is 4.79 Å². The minimum atomic E-state index is -0.216. The second-order valence-electron chi connectivity index (χ2n) is 8.69. The number of rotatable bonds is 7.